The van der Waals surface area contributed by atoms with E-state index in [1.807, 2.05) is 76.0 Å². The van der Waals surface area contributed by atoms with Crippen molar-refractivity contribution >= 4 is 16.9 Å². The lowest BCUT2D eigenvalue weighted by Crippen LogP contribution is -2.27. The second-order valence-corrected chi connectivity index (χ2v) is 7.89. The summed E-state index contributed by atoms with van der Waals surface area (Å²) >= 11 is 0. The highest BCUT2D eigenvalue weighted by atomic mass is 16.5. The number of rotatable bonds is 6. The van der Waals surface area contributed by atoms with Crippen LogP contribution >= 0.6 is 0 Å². The fourth-order valence-corrected chi connectivity index (χ4v) is 4.11. The van der Waals surface area contributed by atoms with Crippen molar-refractivity contribution in [3.05, 3.63) is 59.0 Å². The summed E-state index contributed by atoms with van der Waals surface area (Å²) in [6, 6.07) is 9.28. The number of aromatic nitrogens is 5. The van der Waals surface area contributed by atoms with Crippen molar-refractivity contribution in [1.82, 2.24) is 29.9 Å². The molecule has 1 unspecified atom stereocenters. The molecular formula is C24H28N6O2. The van der Waals surface area contributed by atoms with Gasteiger partial charge in [-0.25, -0.2) is 4.98 Å². The molecular weight excluding hydrogens is 404 g/mol. The van der Waals surface area contributed by atoms with Gasteiger partial charge in [0.2, 0.25) is 0 Å². The zero-order valence-corrected chi connectivity index (χ0v) is 19.3. The van der Waals surface area contributed by atoms with Gasteiger partial charge in [-0.2, -0.15) is 10.2 Å². The summed E-state index contributed by atoms with van der Waals surface area (Å²) in [7, 11) is 3.47. The second-order valence-electron chi connectivity index (χ2n) is 7.89. The van der Waals surface area contributed by atoms with Gasteiger partial charge in [-0.05, 0) is 45.9 Å². The highest BCUT2D eigenvalue weighted by Crippen LogP contribution is 2.29. The average Bonchev–Trinajstić information content (AvgIpc) is 3.31. The lowest BCUT2D eigenvalue weighted by atomic mass is 10.0. The van der Waals surface area contributed by atoms with Gasteiger partial charge in [0.15, 0.2) is 5.65 Å². The number of hydrogen-bond acceptors (Lipinski definition) is 5. The Labute approximate surface area is 187 Å². The Balaban J connectivity index is 1.78. The van der Waals surface area contributed by atoms with Crippen LogP contribution < -0.4 is 10.1 Å². The Morgan fingerprint density at radius 1 is 1.25 bits per heavy atom. The lowest BCUT2D eigenvalue weighted by Gasteiger charge is -2.15. The van der Waals surface area contributed by atoms with Crippen molar-refractivity contribution in [2.24, 2.45) is 7.05 Å². The molecule has 0 fully saturated rings. The quantitative estimate of drug-likeness (QED) is 0.498. The third kappa shape index (κ3) is 3.72. The van der Waals surface area contributed by atoms with Crippen LogP contribution in [-0.4, -0.2) is 37.6 Å². The molecule has 3 heterocycles. The zero-order valence-electron chi connectivity index (χ0n) is 19.3. The van der Waals surface area contributed by atoms with Crippen molar-refractivity contribution in [3.8, 4) is 17.0 Å². The number of hydrogen-bond donors (Lipinski definition) is 1. The molecule has 4 aromatic rings. The van der Waals surface area contributed by atoms with Gasteiger partial charge in [-0.3, -0.25) is 14.2 Å². The predicted molar refractivity (Wildman–Crippen MR) is 124 cm³/mol. The molecule has 8 heteroatoms. The number of pyridine rings is 1. The molecule has 0 radical (unpaired) electrons. The van der Waals surface area contributed by atoms with Crippen LogP contribution in [0.4, 0.5) is 0 Å². The van der Waals surface area contributed by atoms with Crippen molar-refractivity contribution < 1.29 is 9.53 Å². The summed E-state index contributed by atoms with van der Waals surface area (Å²) in [5, 5.41) is 12.8. The van der Waals surface area contributed by atoms with Gasteiger partial charge in [0.05, 0.1) is 41.7 Å². The van der Waals surface area contributed by atoms with Crippen LogP contribution in [-0.2, 0) is 13.6 Å². The number of nitrogens with zero attached hydrogens (tertiary/aromatic N) is 5. The van der Waals surface area contributed by atoms with E-state index in [9.17, 15) is 4.79 Å². The Hall–Kier alpha value is -3.68. The van der Waals surface area contributed by atoms with Crippen molar-refractivity contribution in [1.29, 1.82) is 0 Å². The molecule has 3 aromatic heterocycles. The van der Waals surface area contributed by atoms with Crippen LogP contribution in [0.15, 0.2) is 36.5 Å². The van der Waals surface area contributed by atoms with E-state index in [1.54, 1.807) is 11.8 Å². The molecule has 0 bridgehead atoms. The van der Waals surface area contributed by atoms with E-state index >= 15 is 0 Å². The van der Waals surface area contributed by atoms with E-state index in [1.165, 1.54) is 0 Å². The molecule has 4 rings (SSSR count). The molecule has 1 atom stereocenters. The fourth-order valence-electron chi connectivity index (χ4n) is 4.11. The van der Waals surface area contributed by atoms with Gasteiger partial charge in [-0.1, -0.05) is 12.1 Å². The number of methoxy groups -OCH3 is 1. The minimum absolute atomic E-state index is 0.172. The SMILES string of the molecule is CCn1ncc(C(C)NC(=O)c2cc(-c3cccc(OC)c3)nc3c2c(C)nn3C)c1C. The van der Waals surface area contributed by atoms with Gasteiger partial charge < -0.3 is 10.1 Å². The first kappa shape index (κ1) is 21.5. The summed E-state index contributed by atoms with van der Waals surface area (Å²) in [5.41, 5.74) is 5.58. The number of ether oxygens (including phenoxy) is 1. The molecule has 0 aliphatic carbocycles. The van der Waals surface area contributed by atoms with Crippen LogP contribution in [0.1, 0.15) is 47.2 Å². The maximum Gasteiger partial charge on any atom is 0.252 e. The average molecular weight is 433 g/mol. The van der Waals surface area contributed by atoms with Crippen LogP contribution in [0.5, 0.6) is 5.75 Å². The minimum Gasteiger partial charge on any atom is -0.497 e. The molecule has 0 saturated carbocycles. The second kappa shape index (κ2) is 8.45. The smallest absolute Gasteiger partial charge is 0.252 e. The summed E-state index contributed by atoms with van der Waals surface area (Å²) in [4.78, 5) is 18.3. The normalized spacial score (nSPS) is 12.2. The fraction of sp³-hybridized carbons (Fsp3) is 0.333. The summed E-state index contributed by atoms with van der Waals surface area (Å²) in [6.07, 6.45) is 1.82. The van der Waals surface area contributed by atoms with Crippen LogP contribution in [0, 0.1) is 13.8 Å². The third-order valence-corrected chi connectivity index (χ3v) is 5.83. The molecule has 1 amide bonds. The number of aryl methyl sites for hydroxylation is 3. The summed E-state index contributed by atoms with van der Waals surface area (Å²) < 4.78 is 9.00. The van der Waals surface area contributed by atoms with Gasteiger partial charge in [0.25, 0.3) is 5.91 Å². The largest absolute Gasteiger partial charge is 0.497 e. The number of carbonyl (C=O) groups excluding carboxylic acids is 1. The summed E-state index contributed by atoms with van der Waals surface area (Å²) in [6.45, 7) is 8.72. The van der Waals surface area contributed by atoms with Crippen LogP contribution in [0.2, 0.25) is 0 Å². The molecule has 0 saturated heterocycles. The maximum absolute atomic E-state index is 13.5. The lowest BCUT2D eigenvalue weighted by molar-refractivity contribution is 0.0941. The van der Waals surface area contributed by atoms with Crippen molar-refractivity contribution in [2.45, 2.75) is 40.3 Å². The Morgan fingerprint density at radius 3 is 2.72 bits per heavy atom. The van der Waals surface area contributed by atoms with E-state index in [-0.39, 0.29) is 11.9 Å². The van der Waals surface area contributed by atoms with Gasteiger partial charge in [0.1, 0.15) is 5.75 Å². The molecule has 0 aliphatic rings. The summed E-state index contributed by atoms with van der Waals surface area (Å²) in [5.74, 6) is 0.558. The van der Waals surface area contributed by atoms with Crippen LogP contribution in [0.3, 0.4) is 0 Å². The molecule has 1 aromatic carbocycles. The molecule has 0 spiro atoms. The maximum atomic E-state index is 13.5. The number of amides is 1. The molecule has 32 heavy (non-hydrogen) atoms. The zero-order chi connectivity index (χ0) is 23.0. The molecule has 8 nitrogen and oxygen atoms in total. The monoisotopic (exact) mass is 432 g/mol. The molecule has 0 aliphatic heterocycles. The van der Waals surface area contributed by atoms with Crippen molar-refractivity contribution in [2.75, 3.05) is 7.11 Å². The van der Waals surface area contributed by atoms with E-state index in [2.05, 4.69) is 15.5 Å². The highest BCUT2D eigenvalue weighted by molar-refractivity contribution is 6.07. The van der Waals surface area contributed by atoms with Crippen LogP contribution in [0.25, 0.3) is 22.3 Å². The Kier molecular flexibility index (Phi) is 5.69. The van der Waals surface area contributed by atoms with E-state index in [0.717, 1.165) is 40.2 Å². The first-order valence-electron chi connectivity index (χ1n) is 10.7. The van der Waals surface area contributed by atoms with Gasteiger partial charge >= 0.3 is 0 Å². The third-order valence-electron chi connectivity index (χ3n) is 5.83. The number of carbonyl (C=O) groups is 1. The minimum atomic E-state index is -0.191. The standard InChI is InChI=1S/C24H28N6O2/c1-7-30-16(4)20(13-25-30)14(2)26-24(31)19-12-21(17-9-8-10-18(11-17)32-6)27-23-22(19)15(3)28-29(23)5/h8-14H,7H2,1-6H3,(H,26,31). The Bertz CT molecular complexity index is 1300. The predicted octanol–water partition coefficient (Wildman–Crippen LogP) is 3.97. The van der Waals surface area contributed by atoms with E-state index in [0.29, 0.717) is 16.9 Å². The van der Waals surface area contributed by atoms with Gasteiger partial charge in [-0.15, -0.1) is 0 Å². The Morgan fingerprint density at radius 2 is 2.03 bits per heavy atom. The van der Waals surface area contributed by atoms with E-state index < -0.39 is 0 Å². The molecule has 1 N–H and O–H groups in total. The molecule has 166 valence electrons. The number of nitrogens with one attached hydrogen (secondary N) is 1. The first-order valence-corrected chi connectivity index (χ1v) is 10.7. The topological polar surface area (TPSA) is 86.9 Å². The highest BCUT2D eigenvalue weighted by Gasteiger charge is 2.22. The number of fused-ring (bicyclic) bond motifs is 1. The van der Waals surface area contributed by atoms with Gasteiger partial charge in [0, 0.05) is 30.4 Å². The first-order chi connectivity index (χ1) is 15.3. The number of benzene rings is 1. The van der Waals surface area contributed by atoms with Crippen molar-refractivity contribution in [3.63, 3.8) is 0 Å². The van der Waals surface area contributed by atoms with E-state index in [4.69, 9.17) is 9.72 Å².